The topological polar surface area (TPSA) is 61.2 Å². The highest BCUT2D eigenvalue weighted by atomic mass is 32.2. The number of carbonyl (C=O) groups excluding carboxylic acids is 2. The summed E-state index contributed by atoms with van der Waals surface area (Å²) in [4.78, 5) is 27.0. The number of hydrogen-bond acceptors (Lipinski definition) is 4. The summed E-state index contributed by atoms with van der Waals surface area (Å²) in [6.07, 6.45) is 7.55. The lowest BCUT2D eigenvalue weighted by atomic mass is 9.84. The number of thioether (sulfide) groups is 1. The van der Waals surface area contributed by atoms with Gasteiger partial charge in [0.2, 0.25) is 0 Å². The third-order valence-corrected chi connectivity index (χ3v) is 5.78. The van der Waals surface area contributed by atoms with Crippen LogP contribution in [0.25, 0.3) is 6.08 Å². The van der Waals surface area contributed by atoms with E-state index in [1.807, 2.05) is 6.92 Å². The van der Waals surface area contributed by atoms with Gasteiger partial charge in [0.1, 0.15) is 0 Å². The molecule has 2 aliphatic rings. The van der Waals surface area contributed by atoms with Gasteiger partial charge in [0.15, 0.2) is 0 Å². The summed E-state index contributed by atoms with van der Waals surface area (Å²) >= 11 is 1.01. The SMILES string of the molecule is CC(C1CCCCC1)N1C(=O)SC(=Cc2ccc(C#N)cc2)C1=O. The van der Waals surface area contributed by atoms with Crippen molar-refractivity contribution in [3.8, 4) is 6.07 Å². The van der Waals surface area contributed by atoms with Crippen LogP contribution in [-0.4, -0.2) is 22.1 Å². The van der Waals surface area contributed by atoms with E-state index in [2.05, 4.69) is 6.07 Å². The van der Waals surface area contributed by atoms with Gasteiger partial charge in [-0.05, 0) is 61.2 Å². The van der Waals surface area contributed by atoms with Crippen LogP contribution in [0.3, 0.4) is 0 Å². The average Bonchev–Trinajstić information content (AvgIpc) is 2.89. The summed E-state index contributed by atoms with van der Waals surface area (Å²) in [6.45, 7) is 2.00. The minimum absolute atomic E-state index is 0.0373. The fraction of sp³-hybridized carbons (Fsp3) is 0.421. The molecule has 1 heterocycles. The van der Waals surface area contributed by atoms with E-state index < -0.39 is 0 Å². The fourth-order valence-electron chi connectivity index (χ4n) is 3.46. The first-order valence-electron chi connectivity index (χ1n) is 8.37. The van der Waals surface area contributed by atoms with E-state index in [4.69, 9.17) is 5.26 Å². The zero-order chi connectivity index (χ0) is 17.1. The van der Waals surface area contributed by atoms with Crippen molar-refractivity contribution in [1.29, 1.82) is 5.26 Å². The molecule has 1 aliphatic heterocycles. The van der Waals surface area contributed by atoms with Crippen LogP contribution in [0.4, 0.5) is 4.79 Å². The highest BCUT2D eigenvalue weighted by Gasteiger charge is 2.40. The quantitative estimate of drug-likeness (QED) is 0.757. The van der Waals surface area contributed by atoms with Crippen LogP contribution in [-0.2, 0) is 4.79 Å². The Hall–Kier alpha value is -2.06. The summed E-state index contributed by atoms with van der Waals surface area (Å²) in [5.74, 6) is 0.231. The zero-order valence-electron chi connectivity index (χ0n) is 13.7. The number of nitriles is 1. The van der Waals surface area contributed by atoms with E-state index in [1.54, 1.807) is 30.3 Å². The Kier molecular flexibility index (Phi) is 5.06. The molecule has 1 saturated carbocycles. The lowest BCUT2D eigenvalue weighted by Crippen LogP contribution is -2.42. The lowest BCUT2D eigenvalue weighted by molar-refractivity contribution is -0.125. The van der Waals surface area contributed by atoms with Gasteiger partial charge in [-0.3, -0.25) is 14.5 Å². The van der Waals surface area contributed by atoms with Crippen molar-refractivity contribution in [2.24, 2.45) is 5.92 Å². The Morgan fingerprint density at radius 1 is 1.21 bits per heavy atom. The maximum atomic E-state index is 12.7. The minimum Gasteiger partial charge on any atom is -0.268 e. The van der Waals surface area contributed by atoms with Crippen molar-refractivity contribution in [3.63, 3.8) is 0 Å². The molecule has 1 saturated heterocycles. The summed E-state index contributed by atoms with van der Waals surface area (Å²) in [5.41, 5.74) is 1.40. The van der Waals surface area contributed by atoms with Crippen LogP contribution in [0.15, 0.2) is 29.2 Å². The second-order valence-corrected chi connectivity index (χ2v) is 7.42. The first-order chi connectivity index (χ1) is 11.6. The molecule has 24 heavy (non-hydrogen) atoms. The van der Waals surface area contributed by atoms with Gasteiger partial charge in [0.05, 0.1) is 16.5 Å². The minimum atomic E-state index is -0.188. The molecule has 1 atom stereocenters. The highest BCUT2D eigenvalue weighted by molar-refractivity contribution is 8.18. The Morgan fingerprint density at radius 2 is 1.88 bits per heavy atom. The standard InChI is InChI=1S/C19H20N2O2S/c1-13(16-5-3-2-4-6-16)21-18(22)17(24-19(21)23)11-14-7-9-15(12-20)10-8-14/h7-11,13,16H,2-6H2,1H3. The summed E-state index contributed by atoms with van der Waals surface area (Å²) in [5, 5.41) is 8.67. The number of hydrogen-bond donors (Lipinski definition) is 0. The van der Waals surface area contributed by atoms with Gasteiger partial charge in [-0.1, -0.05) is 31.4 Å². The first-order valence-corrected chi connectivity index (χ1v) is 9.19. The molecule has 124 valence electrons. The molecule has 5 heteroatoms. The van der Waals surface area contributed by atoms with Gasteiger partial charge in [0.25, 0.3) is 11.1 Å². The van der Waals surface area contributed by atoms with Crippen LogP contribution < -0.4 is 0 Å². The summed E-state index contributed by atoms with van der Waals surface area (Å²) < 4.78 is 0. The number of rotatable bonds is 3. The van der Waals surface area contributed by atoms with Gasteiger partial charge in [-0.25, -0.2) is 0 Å². The highest BCUT2D eigenvalue weighted by Crippen LogP contribution is 2.37. The normalized spacial score (nSPS) is 22.0. The first kappa shape index (κ1) is 16.8. The molecule has 4 nitrogen and oxygen atoms in total. The van der Waals surface area contributed by atoms with Crippen molar-refractivity contribution < 1.29 is 9.59 Å². The van der Waals surface area contributed by atoms with Crippen LogP contribution >= 0.6 is 11.8 Å². The van der Waals surface area contributed by atoms with Crippen molar-refractivity contribution in [1.82, 2.24) is 4.90 Å². The number of amides is 2. The molecule has 3 rings (SSSR count). The second-order valence-electron chi connectivity index (χ2n) is 6.42. The van der Waals surface area contributed by atoms with Gasteiger partial charge < -0.3 is 0 Å². The molecule has 0 spiro atoms. The number of nitrogens with zero attached hydrogens (tertiary/aromatic N) is 2. The van der Waals surface area contributed by atoms with Crippen molar-refractivity contribution in [3.05, 3.63) is 40.3 Å². The van der Waals surface area contributed by atoms with Crippen LogP contribution in [0.1, 0.15) is 50.2 Å². The predicted octanol–water partition coefficient (Wildman–Crippen LogP) is 4.56. The van der Waals surface area contributed by atoms with Gasteiger partial charge in [0, 0.05) is 6.04 Å². The summed E-state index contributed by atoms with van der Waals surface area (Å²) in [7, 11) is 0. The third kappa shape index (κ3) is 3.39. The lowest BCUT2D eigenvalue weighted by Gasteiger charge is -2.32. The predicted molar refractivity (Wildman–Crippen MR) is 95.0 cm³/mol. The second kappa shape index (κ2) is 7.23. The van der Waals surface area contributed by atoms with Gasteiger partial charge in [-0.2, -0.15) is 5.26 Å². The van der Waals surface area contributed by atoms with E-state index >= 15 is 0 Å². The van der Waals surface area contributed by atoms with Gasteiger partial charge >= 0.3 is 0 Å². The van der Waals surface area contributed by atoms with E-state index in [1.165, 1.54) is 24.2 Å². The molecule has 1 unspecified atom stereocenters. The Morgan fingerprint density at radius 3 is 2.50 bits per heavy atom. The van der Waals surface area contributed by atoms with Crippen LogP contribution in [0, 0.1) is 17.2 Å². The summed E-state index contributed by atoms with van der Waals surface area (Å²) in [6, 6.07) is 9.03. The number of benzene rings is 1. The molecule has 0 N–H and O–H groups in total. The molecule has 0 radical (unpaired) electrons. The Bertz CT molecular complexity index is 712. The van der Waals surface area contributed by atoms with Crippen LogP contribution in [0.2, 0.25) is 0 Å². The largest absolute Gasteiger partial charge is 0.293 e. The van der Waals surface area contributed by atoms with Crippen molar-refractivity contribution in [2.45, 2.75) is 45.1 Å². The van der Waals surface area contributed by atoms with Gasteiger partial charge in [-0.15, -0.1) is 0 Å². The molecule has 2 amide bonds. The molecule has 1 aromatic carbocycles. The van der Waals surface area contributed by atoms with E-state index in [-0.39, 0.29) is 17.2 Å². The molecule has 1 aromatic rings. The molecular weight excluding hydrogens is 320 g/mol. The van der Waals surface area contributed by atoms with E-state index in [0.29, 0.717) is 16.4 Å². The smallest absolute Gasteiger partial charge is 0.268 e. The Balaban J connectivity index is 1.77. The zero-order valence-corrected chi connectivity index (χ0v) is 14.5. The number of carbonyl (C=O) groups is 2. The molecular formula is C19H20N2O2S. The van der Waals surface area contributed by atoms with Crippen molar-refractivity contribution >= 4 is 29.0 Å². The van der Waals surface area contributed by atoms with Crippen LogP contribution in [0.5, 0.6) is 0 Å². The molecule has 0 aromatic heterocycles. The monoisotopic (exact) mass is 340 g/mol. The average molecular weight is 340 g/mol. The maximum Gasteiger partial charge on any atom is 0.293 e. The molecule has 0 bridgehead atoms. The number of imide groups is 1. The third-order valence-electron chi connectivity index (χ3n) is 4.90. The Labute approximate surface area is 146 Å². The van der Waals surface area contributed by atoms with E-state index in [9.17, 15) is 9.59 Å². The van der Waals surface area contributed by atoms with Crippen molar-refractivity contribution in [2.75, 3.05) is 0 Å². The maximum absolute atomic E-state index is 12.7. The molecule has 2 fully saturated rings. The molecule has 1 aliphatic carbocycles. The fourth-order valence-corrected chi connectivity index (χ4v) is 4.38. The van der Waals surface area contributed by atoms with E-state index in [0.717, 1.165) is 30.2 Å².